The second-order valence-corrected chi connectivity index (χ2v) is 4.32. The van der Waals surface area contributed by atoms with Gasteiger partial charge in [0.15, 0.2) is 5.69 Å². The van der Waals surface area contributed by atoms with Gasteiger partial charge in [0.05, 0.1) is 0 Å². The van der Waals surface area contributed by atoms with Gasteiger partial charge in [-0.15, -0.1) is 0 Å². The van der Waals surface area contributed by atoms with Crippen molar-refractivity contribution in [3.63, 3.8) is 0 Å². The van der Waals surface area contributed by atoms with E-state index in [0.29, 0.717) is 5.92 Å². The number of carboxylic acid groups (broad SMARTS) is 1. The highest BCUT2D eigenvalue weighted by Crippen LogP contribution is 2.26. The van der Waals surface area contributed by atoms with Gasteiger partial charge in [0.2, 0.25) is 0 Å². The molecule has 5 heteroatoms. The lowest BCUT2D eigenvalue weighted by Gasteiger charge is -2.25. The van der Waals surface area contributed by atoms with E-state index in [0.717, 1.165) is 25.5 Å². The van der Waals surface area contributed by atoms with Crippen LogP contribution in [0.25, 0.3) is 0 Å². The largest absolute Gasteiger partial charge is 0.476 e. The summed E-state index contributed by atoms with van der Waals surface area (Å²) in [5.41, 5.74) is -0.112. The Bertz CT molecular complexity index is 374. The average molecular weight is 225 g/mol. The molecule has 0 aromatic carbocycles. The molecule has 2 atom stereocenters. The Morgan fingerprint density at radius 1 is 1.62 bits per heavy atom. The number of hydrogen-bond donors (Lipinski definition) is 1. The fraction of sp³-hybridized carbons (Fsp3) is 0.636. The van der Waals surface area contributed by atoms with E-state index < -0.39 is 5.97 Å². The smallest absolute Gasteiger partial charge is 0.394 e. The maximum absolute atomic E-state index is 10.6. The van der Waals surface area contributed by atoms with Crippen LogP contribution in [-0.2, 0) is 0 Å². The summed E-state index contributed by atoms with van der Waals surface area (Å²) in [5, 5.41) is 8.67. The molecule has 1 N–H and O–H groups in total. The minimum absolute atomic E-state index is 0.0662. The van der Waals surface area contributed by atoms with Crippen molar-refractivity contribution in [2.24, 2.45) is 5.92 Å². The quantitative estimate of drug-likeness (QED) is 0.854. The Kier molecular flexibility index (Phi) is 3.12. The molecule has 2 rings (SSSR count). The van der Waals surface area contributed by atoms with Gasteiger partial charge < -0.3 is 14.3 Å². The van der Waals surface area contributed by atoms with Crippen molar-refractivity contribution in [1.29, 1.82) is 0 Å². The third-order valence-electron chi connectivity index (χ3n) is 2.86. The monoisotopic (exact) mass is 225 g/mol. The lowest BCUT2D eigenvalue weighted by atomic mass is 9.89. The second-order valence-electron chi connectivity index (χ2n) is 4.32. The number of carbonyl (C=O) groups is 1. The topological polar surface area (TPSA) is 72.6 Å². The van der Waals surface area contributed by atoms with Gasteiger partial charge in [0.1, 0.15) is 12.4 Å². The highest BCUT2D eigenvalue weighted by Gasteiger charge is 2.22. The molecule has 0 amide bonds. The standard InChI is InChI=1S/C11H15NO4/c1-7-3-2-4-8(5-7)16-11-12-9(6-15-11)10(13)14/h6-8H,2-5H2,1H3,(H,13,14). The first-order valence-corrected chi connectivity index (χ1v) is 5.50. The van der Waals surface area contributed by atoms with Gasteiger partial charge in [-0.2, -0.15) is 4.98 Å². The third kappa shape index (κ3) is 2.53. The summed E-state index contributed by atoms with van der Waals surface area (Å²) >= 11 is 0. The zero-order chi connectivity index (χ0) is 11.5. The summed E-state index contributed by atoms with van der Waals surface area (Å²) in [7, 11) is 0. The van der Waals surface area contributed by atoms with Crippen molar-refractivity contribution in [2.75, 3.05) is 0 Å². The molecular weight excluding hydrogens is 210 g/mol. The summed E-state index contributed by atoms with van der Waals surface area (Å²) in [6.45, 7) is 2.19. The predicted molar refractivity (Wildman–Crippen MR) is 55.5 cm³/mol. The number of carboxylic acids is 1. The molecule has 1 aliphatic carbocycles. The van der Waals surface area contributed by atoms with Gasteiger partial charge in [-0.05, 0) is 25.2 Å². The van der Waals surface area contributed by atoms with Gasteiger partial charge in [0.25, 0.3) is 0 Å². The van der Waals surface area contributed by atoms with Crippen LogP contribution >= 0.6 is 0 Å². The summed E-state index contributed by atoms with van der Waals surface area (Å²) in [6, 6.07) is 0. The van der Waals surface area contributed by atoms with E-state index in [1.165, 1.54) is 6.42 Å². The summed E-state index contributed by atoms with van der Waals surface area (Å²) in [4.78, 5) is 14.3. The molecule has 1 aromatic heterocycles. The van der Waals surface area contributed by atoms with Gasteiger partial charge in [0, 0.05) is 0 Å². The van der Waals surface area contributed by atoms with E-state index in [9.17, 15) is 4.79 Å². The Morgan fingerprint density at radius 3 is 3.06 bits per heavy atom. The number of ether oxygens (including phenoxy) is 1. The summed E-state index contributed by atoms with van der Waals surface area (Å²) in [5.74, 6) is -0.455. The fourth-order valence-electron chi connectivity index (χ4n) is 2.04. The Balaban J connectivity index is 1.95. The Morgan fingerprint density at radius 2 is 2.44 bits per heavy atom. The molecule has 1 aromatic rings. The SMILES string of the molecule is CC1CCCC(Oc2nc(C(=O)O)co2)C1. The zero-order valence-electron chi connectivity index (χ0n) is 9.18. The van der Waals surface area contributed by atoms with Crippen molar-refractivity contribution >= 4 is 5.97 Å². The van der Waals surface area contributed by atoms with Gasteiger partial charge in [-0.1, -0.05) is 13.3 Å². The maximum Gasteiger partial charge on any atom is 0.394 e. The first-order chi connectivity index (χ1) is 7.65. The first kappa shape index (κ1) is 11.0. The second kappa shape index (κ2) is 4.55. The molecule has 16 heavy (non-hydrogen) atoms. The highest BCUT2D eigenvalue weighted by atomic mass is 16.6. The minimum Gasteiger partial charge on any atom is -0.476 e. The highest BCUT2D eigenvalue weighted by molar-refractivity contribution is 5.84. The van der Waals surface area contributed by atoms with Crippen LogP contribution in [0.2, 0.25) is 0 Å². The number of oxazole rings is 1. The predicted octanol–water partition coefficient (Wildman–Crippen LogP) is 2.33. The van der Waals surface area contributed by atoms with Crippen LogP contribution in [0.3, 0.4) is 0 Å². The molecule has 5 nitrogen and oxygen atoms in total. The molecule has 88 valence electrons. The van der Waals surface area contributed by atoms with Crippen LogP contribution in [0.4, 0.5) is 0 Å². The molecule has 1 saturated carbocycles. The van der Waals surface area contributed by atoms with Crippen molar-refractivity contribution < 1.29 is 19.1 Å². The normalized spacial score (nSPS) is 25.3. The first-order valence-electron chi connectivity index (χ1n) is 5.50. The third-order valence-corrected chi connectivity index (χ3v) is 2.86. The van der Waals surface area contributed by atoms with Crippen LogP contribution in [0.1, 0.15) is 43.1 Å². The van der Waals surface area contributed by atoms with Crippen LogP contribution in [0.5, 0.6) is 6.08 Å². The average Bonchev–Trinajstić information content (AvgIpc) is 2.66. The van der Waals surface area contributed by atoms with Gasteiger partial charge in [-0.3, -0.25) is 0 Å². The molecule has 1 heterocycles. The van der Waals surface area contributed by atoms with Gasteiger partial charge in [-0.25, -0.2) is 4.79 Å². The van der Waals surface area contributed by atoms with Crippen LogP contribution in [-0.4, -0.2) is 22.2 Å². The fourth-order valence-corrected chi connectivity index (χ4v) is 2.04. The molecule has 0 spiro atoms. The lowest BCUT2D eigenvalue weighted by Crippen LogP contribution is -2.24. The van der Waals surface area contributed by atoms with E-state index in [1.54, 1.807) is 0 Å². The number of nitrogens with zero attached hydrogens (tertiary/aromatic N) is 1. The molecule has 0 aliphatic heterocycles. The maximum atomic E-state index is 10.6. The van der Waals surface area contributed by atoms with Crippen molar-refractivity contribution in [1.82, 2.24) is 4.98 Å². The number of aromatic carboxylic acids is 1. The van der Waals surface area contributed by atoms with Crippen LogP contribution < -0.4 is 4.74 Å². The number of rotatable bonds is 3. The van der Waals surface area contributed by atoms with Crippen LogP contribution in [0, 0.1) is 5.92 Å². The summed E-state index contributed by atoms with van der Waals surface area (Å²) in [6.07, 6.45) is 5.59. The van der Waals surface area contributed by atoms with Crippen molar-refractivity contribution in [3.8, 4) is 6.08 Å². The van der Waals surface area contributed by atoms with Crippen molar-refractivity contribution in [2.45, 2.75) is 38.7 Å². The summed E-state index contributed by atoms with van der Waals surface area (Å²) < 4.78 is 10.5. The minimum atomic E-state index is -1.10. The van der Waals surface area contributed by atoms with E-state index in [-0.39, 0.29) is 17.9 Å². The molecule has 2 unspecified atom stereocenters. The number of aromatic nitrogens is 1. The van der Waals surface area contributed by atoms with E-state index in [4.69, 9.17) is 14.3 Å². The zero-order valence-corrected chi connectivity index (χ0v) is 9.18. The molecule has 0 saturated heterocycles. The molecule has 1 aliphatic rings. The van der Waals surface area contributed by atoms with Crippen LogP contribution in [0.15, 0.2) is 10.7 Å². The van der Waals surface area contributed by atoms with E-state index in [2.05, 4.69) is 11.9 Å². The van der Waals surface area contributed by atoms with E-state index in [1.807, 2.05) is 0 Å². The number of hydrogen-bond acceptors (Lipinski definition) is 4. The van der Waals surface area contributed by atoms with Gasteiger partial charge >= 0.3 is 12.0 Å². The molecule has 0 radical (unpaired) electrons. The van der Waals surface area contributed by atoms with E-state index >= 15 is 0 Å². The Hall–Kier alpha value is -1.52. The molecule has 0 bridgehead atoms. The van der Waals surface area contributed by atoms with Crippen molar-refractivity contribution in [3.05, 3.63) is 12.0 Å². The lowest BCUT2D eigenvalue weighted by molar-refractivity contribution is 0.0688. The Labute approximate surface area is 93.4 Å². The molecule has 1 fully saturated rings. The molecular formula is C11H15NO4.